The largest absolute Gasteiger partial charge is 0.341 e. The van der Waals surface area contributed by atoms with Crippen molar-refractivity contribution < 1.29 is 9.18 Å². The van der Waals surface area contributed by atoms with E-state index in [4.69, 9.17) is 23.2 Å². The second kappa shape index (κ2) is 9.64. The molecule has 0 aliphatic rings. The number of thioether (sulfide) groups is 1. The summed E-state index contributed by atoms with van der Waals surface area (Å²) in [5, 5.41) is 1.49. The molecule has 0 radical (unpaired) electrons. The van der Waals surface area contributed by atoms with Crippen LogP contribution in [0.25, 0.3) is 10.9 Å². The second-order valence-electron chi connectivity index (χ2n) is 6.50. The third-order valence-corrected chi connectivity index (χ3v) is 5.95. The van der Waals surface area contributed by atoms with Gasteiger partial charge in [0.15, 0.2) is 5.16 Å². The molecule has 0 saturated heterocycles. The molecule has 5 nitrogen and oxygen atoms in total. The summed E-state index contributed by atoms with van der Waals surface area (Å²) >= 11 is 13.2. The van der Waals surface area contributed by atoms with Crippen LogP contribution in [0, 0.1) is 5.82 Å². The number of fused-ring (bicyclic) bond motifs is 1. The average Bonchev–Trinajstić information content (AvgIpc) is 2.71. The normalized spacial score (nSPS) is 10.9. The van der Waals surface area contributed by atoms with Crippen LogP contribution in [0.2, 0.25) is 10.0 Å². The molecule has 1 amide bonds. The zero-order valence-electron chi connectivity index (χ0n) is 16.1. The fourth-order valence-corrected chi connectivity index (χ4v) is 4.16. The van der Waals surface area contributed by atoms with Crippen LogP contribution in [-0.2, 0) is 17.9 Å². The standard InChI is InChI=1S/C21H18Cl2FN3O2S/c1-3-9-27-20(29)14-10-13(22)7-8-18(14)25-21(27)30-12-19(28)26(2)11-15-16(23)5-4-6-17(15)24/h3-8,10H,1,9,11-12H2,2H3. The van der Waals surface area contributed by atoms with E-state index in [1.807, 2.05) is 0 Å². The predicted octanol–water partition coefficient (Wildman–Crippen LogP) is 4.78. The van der Waals surface area contributed by atoms with E-state index in [0.29, 0.717) is 21.1 Å². The quantitative estimate of drug-likeness (QED) is 0.286. The second-order valence-corrected chi connectivity index (χ2v) is 8.29. The van der Waals surface area contributed by atoms with Gasteiger partial charge in [-0.1, -0.05) is 47.1 Å². The Morgan fingerprint density at radius 1 is 1.33 bits per heavy atom. The molecule has 1 heterocycles. The van der Waals surface area contributed by atoms with Crippen molar-refractivity contribution in [3.8, 4) is 0 Å². The molecular weight excluding hydrogens is 448 g/mol. The number of carbonyl (C=O) groups excluding carboxylic acids is 1. The van der Waals surface area contributed by atoms with Gasteiger partial charge in [-0.25, -0.2) is 9.37 Å². The summed E-state index contributed by atoms with van der Waals surface area (Å²) in [7, 11) is 1.57. The van der Waals surface area contributed by atoms with Gasteiger partial charge in [0, 0.05) is 35.7 Å². The molecule has 9 heteroatoms. The minimum absolute atomic E-state index is 0.0191. The first kappa shape index (κ1) is 22.3. The van der Waals surface area contributed by atoms with Gasteiger partial charge >= 0.3 is 0 Å². The summed E-state index contributed by atoms with van der Waals surface area (Å²) in [4.78, 5) is 31.3. The average molecular weight is 466 g/mol. The number of hydrogen-bond donors (Lipinski definition) is 0. The van der Waals surface area contributed by atoms with E-state index in [1.165, 1.54) is 21.6 Å². The molecule has 3 aromatic rings. The predicted molar refractivity (Wildman–Crippen MR) is 120 cm³/mol. The summed E-state index contributed by atoms with van der Waals surface area (Å²) in [5.74, 6) is -0.704. The molecule has 0 aliphatic heterocycles. The van der Waals surface area contributed by atoms with E-state index >= 15 is 0 Å². The van der Waals surface area contributed by atoms with Gasteiger partial charge in [-0.2, -0.15) is 0 Å². The highest BCUT2D eigenvalue weighted by Crippen LogP contribution is 2.23. The lowest BCUT2D eigenvalue weighted by Crippen LogP contribution is -2.29. The van der Waals surface area contributed by atoms with Crippen LogP contribution in [0.4, 0.5) is 4.39 Å². The van der Waals surface area contributed by atoms with Gasteiger partial charge in [-0.05, 0) is 30.3 Å². The van der Waals surface area contributed by atoms with Crippen molar-refractivity contribution >= 4 is 51.8 Å². The van der Waals surface area contributed by atoms with Crippen LogP contribution in [-0.4, -0.2) is 33.2 Å². The van der Waals surface area contributed by atoms with E-state index in [-0.39, 0.29) is 40.9 Å². The zero-order valence-corrected chi connectivity index (χ0v) is 18.4. The summed E-state index contributed by atoms with van der Waals surface area (Å²) < 4.78 is 15.4. The van der Waals surface area contributed by atoms with Crippen molar-refractivity contribution in [2.24, 2.45) is 0 Å². The topological polar surface area (TPSA) is 55.2 Å². The lowest BCUT2D eigenvalue weighted by molar-refractivity contribution is -0.127. The molecule has 0 N–H and O–H groups in total. The molecule has 1 aromatic heterocycles. The molecule has 2 aromatic carbocycles. The van der Waals surface area contributed by atoms with Gasteiger partial charge in [-0.15, -0.1) is 6.58 Å². The maximum atomic E-state index is 14.0. The first-order chi connectivity index (χ1) is 14.3. The van der Waals surface area contributed by atoms with Crippen molar-refractivity contribution in [3.63, 3.8) is 0 Å². The molecule has 0 spiro atoms. The van der Waals surface area contributed by atoms with Crippen molar-refractivity contribution in [1.29, 1.82) is 0 Å². The molecule has 0 fully saturated rings. The van der Waals surface area contributed by atoms with E-state index in [2.05, 4.69) is 11.6 Å². The van der Waals surface area contributed by atoms with Gasteiger partial charge in [0.2, 0.25) is 5.91 Å². The molecule has 0 saturated carbocycles. The highest BCUT2D eigenvalue weighted by molar-refractivity contribution is 7.99. The van der Waals surface area contributed by atoms with Crippen LogP contribution in [0.15, 0.2) is 59.0 Å². The molecular formula is C21H18Cl2FN3O2S. The molecule has 156 valence electrons. The van der Waals surface area contributed by atoms with Crippen LogP contribution in [0.3, 0.4) is 0 Å². The molecule has 3 rings (SSSR count). The van der Waals surface area contributed by atoms with Gasteiger partial charge < -0.3 is 4.90 Å². The first-order valence-corrected chi connectivity index (χ1v) is 10.7. The number of carbonyl (C=O) groups is 1. The first-order valence-electron chi connectivity index (χ1n) is 8.92. The van der Waals surface area contributed by atoms with Gasteiger partial charge in [0.25, 0.3) is 5.56 Å². The minimum atomic E-state index is -0.468. The summed E-state index contributed by atoms with van der Waals surface area (Å²) in [6.45, 7) is 3.95. The lowest BCUT2D eigenvalue weighted by atomic mass is 10.2. The smallest absolute Gasteiger partial charge is 0.262 e. The molecule has 0 unspecified atom stereocenters. The molecule has 30 heavy (non-hydrogen) atoms. The monoisotopic (exact) mass is 465 g/mol. The van der Waals surface area contributed by atoms with Crippen LogP contribution in [0.1, 0.15) is 5.56 Å². The van der Waals surface area contributed by atoms with Crippen molar-refractivity contribution in [2.75, 3.05) is 12.8 Å². The fourth-order valence-electron chi connectivity index (χ4n) is 2.82. The number of rotatable bonds is 7. The summed E-state index contributed by atoms with van der Waals surface area (Å²) in [5.41, 5.74) is 0.485. The van der Waals surface area contributed by atoms with Crippen molar-refractivity contribution in [1.82, 2.24) is 14.5 Å². The third-order valence-electron chi connectivity index (χ3n) is 4.40. The number of hydrogen-bond acceptors (Lipinski definition) is 4. The minimum Gasteiger partial charge on any atom is -0.341 e. The Bertz CT molecular complexity index is 1160. The highest BCUT2D eigenvalue weighted by Gasteiger charge is 2.17. The number of aromatic nitrogens is 2. The number of halogens is 3. The molecule has 0 atom stereocenters. The Labute approximate surface area is 187 Å². The lowest BCUT2D eigenvalue weighted by Gasteiger charge is -2.19. The molecule has 0 bridgehead atoms. The van der Waals surface area contributed by atoms with Crippen LogP contribution >= 0.6 is 35.0 Å². The Balaban J connectivity index is 1.81. The van der Waals surface area contributed by atoms with Crippen molar-refractivity contribution in [2.45, 2.75) is 18.2 Å². The third kappa shape index (κ3) is 4.86. The van der Waals surface area contributed by atoms with E-state index in [0.717, 1.165) is 11.8 Å². The highest BCUT2D eigenvalue weighted by atomic mass is 35.5. The number of amides is 1. The maximum Gasteiger partial charge on any atom is 0.262 e. The Kier molecular flexibility index (Phi) is 7.18. The Morgan fingerprint density at radius 2 is 2.10 bits per heavy atom. The molecule has 0 aliphatic carbocycles. The van der Waals surface area contributed by atoms with Gasteiger partial charge in [0.05, 0.1) is 16.7 Å². The fraction of sp³-hybridized carbons (Fsp3) is 0.190. The van der Waals surface area contributed by atoms with E-state index in [1.54, 1.807) is 37.4 Å². The number of nitrogens with zero attached hydrogens (tertiary/aromatic N) is 3. The van der Waals surface area contributed by atoms with Crippen LogP contribution < -0.4 is 5.56 Å². The Hall–Kier alpha value is -2.35. The Morgan fingerprint density at radius 3 is 2.80 bits per heavy atom. The summed E-state index contributed by atoms with van der Waals surface area (Å²) in [6, 6.07) is 9.27. The van der Waals surface area contributed by atoms with Crippen LogP contribution in [0.5, 0.6) is 0 Å². The number of benzene rings is 2. The van der Waals surface area contributed by atoms with Crippen molar-refractivity contribution in [3.05, 3.63) is 80.8 Å². The van der Waals surface area contributed by atoms with E-state index < -0.39 is 5.82 Å². The zero-order chi connectivity index (χ0) is 21.8. The van der Waals surface area contributed by atoms with Gasteiger partial charge in [0.1, 0.15) is 5.82 Å². The number of allylic oxidation sites excluding steroid dienone is 1. The maximum absolute atomic E-state index is 14.0. The SMILES string of the molecule is C=CCn1c(SCC(=O)N(C)Cc2c(F)cccc2Cl)nc2ccc(Cl)cc2c1=O. The summed E-state index contributed by atoms with van der Waals surface area (Å²) in [6.07, 6.45) is 1.58. The van der Waals surface area contributed by atoms with Gasteiger partial charge in [-0.3, -0.25) is 14.2 Å². The van der Waals surface area contributed by atoms with E-state index in [9.17, 15) is 14.0 Å².